The predicted octanol–water partition coefficient (Wildman–Crippen LogP) is 3.18. The van der Waals surface area contributed by atoms with Crippen LogP contribution in [0.5, 0.6) is 0 Å². The quantitative estimate of drug-likeness (QED) is 0.346. The first-order chi connectivity index (χ1) is 21.6. The zero-order chi connectivity index (χ0) is 29.9. The van der Waals surface area contributed by atoms with E-state index in [4.69, 9.17) is 25.7 Å². The van der Waals surface area contributed by atoms with Gasteiger partial charge in [0.1, 0.15) is 28.9 Å². The van der Waals surface area contributed by atoms with Gasteiger partial charge in [0.25, 0.3) is 0 Å². The number of guanidine groups is 1. The SMILES string of the molecule is N#CC1=NC(NC2CCN(Cc3ccc(-n4c(-c5cccnc5N)nc5ccc(N6CCOCC6)nc54)cc3)CC2)=NCC1. The van der Waals surface area contributed by atoms with E-state index in [0.717, 1.165) is 73.8 Å². The number of aromatic nitrogens is 4. The summed E-state index contributed by atoms with van der Waals surface area (Å²) in [7, 11) is 0. The summed E-state index contributed by atoms with van der Waals surface area (Å²) in [6.07, 6.45) is 4.32. The Hall–Kier alpha value is -4.86. The number of nitrogens with two attached hydrogens (primary N) is 1. The van der Waals surface area contributed by atoms with Gasteiger partial charge < -0.3 is 20.7 Å². The predicted molar refractivity (Wildman–Crippen MR) is 171 cm³/mol. The number of likely N-dealkylation sites (tertiary alicyclic amines) is 1. The summed E-state index contributed by atoms with van der Waals surface area (Å²) in [6.45, 7) is 6.46. The molecule has 6 heterocycles. The highest BCUT2D eigenvalue weighted by Crippen LogP contribution is 2.31. The van der Waals surface area contributed by atoms with E-state index in [0.29, 0.717) is 55.5 Å². The van der Waals surface area contributed by atoms with Crippen LogP contribution in [0.25, 0.3) is 28.2 Å². The van der Waals surface area contributed by atoms with Crippen LogP contribution < -0.4 is 16.0 Å². The van der Waals surface area contributed by atoms with E-state index in [-0.39, 0.29) is 0 Å². The van der Waals surface area contributed by atoms with E-state index < -0.39 is 0 Å². The van der Waals surface area contributed by atoms with Crippen molar-refractivity contribution >= 4 is 34.5 Å². The van der Waals surface area contributed by atoms with E-state index in [9.17, 15) is 0 Å². The highest BCUT2D eigenvalue weighted by Gasteiger charge is 2.23. The lowest BCUT2D eigenvalue weighted by molar-refractivity contribution is 0.122. The molecule has 0 atom stereocenters. The summed E-state index contributed by atoms with van der Waals surface area (Å²) in [6, 6.07) is 19.0. The van der Waals surface area contributed by atoms with Crippen molar-refractivity contribution in [2.45, 2.75) is 31.8 Å². The summed E-state index contributed by atoms with van der Waals surface area (Å²) < 4.78 is 7.64. The molecule has 12 nitrogen and oxygen atoms in total. The summed E-state index contributed by atoms with van der Waals surface area (Å²) in [5, 5.41) is 12.6. The molecule has 7 rings (SSSR count). The van der Waals surface area contributed by atoms with Gasteiger partial charge in [0.2, 0.25) is 5.96 Å². The number of fused-ring (bicyclic) bond motifs is 1. The third-order valence-corrected chi connectivity index (χ3v) is 8.41. The second-order valence-electron chi connectivity index (χ2n) is 11.3. The molecule has 2 saturated heterocycles. The fourth-order valence-corrected chi connectivity index (χ4v) is 6.02. The molecular weight excluding hydrogens is 554 g/mol. The fraction of sp³-hybridized carbons (Fsp3) is 0.375. The Kier molecular flexibility index (Phi) is 7.87. The maximum Gasteiger partial charge on any atom is 0.219 e. The topological polar surface area (TPSA) is 146 Å². The molecule has 3 aromatic heterocycles. The van der Waals surface area contributed by atoms with Gasteiger partial charge in [0, 0.05) is 63.6 Å². The number of nitrogens with zero attached hydrogens (tertiary/aromatic N) is 9. The Morgan fingerprint density at radius 1 is 1.00 bits per heavy atom. The van der Waals surface area contributed by atoms with E-state index in [1.165, 1.54) is 5.56 Å². The molecule has 4 aromatic rings. The van der Waals surface area contributed by atoms with Gasteiger partial charge >= 0.3 is 0 Å². The third kappa shape index (κ3) is 5.84. The fourth-order valence-electron chi connectivity index (χ4n) is 6.02. The molecule has 0 amide bonds. The average molecular weight is 590 g/mol. The summed E-state index contributed by atoms with van der Waals surface area (Å²) in [4.78, 5) is 27.9. The summed E-state index contributed by atoms with van der Waals surface area (Å²) in [5.41, 5.74) is 11.4. The number of nitrogen functional groups attached to an aromatic ring is 1. The number of aliphatic imine (C=N–C) groups is 2. The number of pyridine rings is 2. The number of anilines is 2. The molecule has 12 heteroatoms. The molecule has 224 valence electrons. The monoisotopic (exact) mass is 589 g/mol. The molecule has 44 heavy (non-hydrogen) atoms. The van der Waals surface area contributed by atoms with Crippen LogP contribution in [0.4, 0.5) is 11.6 Å². The Bertz CT molecular complexity index is 1740. The molecule has 3 N–H and O–H groups in total. The van der Waals surface area contributed by atoms with Crippen molar-refractivity contribution in [1.82, 2.24) is 29.7 Å². The molecule has 3 aliphatic heterocycles. The number of hydrogen-bond acceptors (Lipinski definition) is 11. The van der Waals surface area contributed by atoms with Gasteiger partial charge in [0.05, 0.1) is 18.8 Å². The van der Waals surface area contributed by atoms with Crippen molar-refractivity contribution in [1.29, 1.82) is 5.26 Å². The molecule has 0 saturated carbocycles. The number of piperidine rings is 1. The van der Waals surface area contributed by atoms with Crippen molar-refractivity contribution in [3.8, 4) is 23.1 Å². The summed E-state index contributed by atoms with van der Waals surface area (Å²) in [5.74, 6) is 2.66. The van der Waals surface area contributed by atoms with Crippen molar-refractivity contribution in [2.24, 2.45) is 9.98 Å². The minimum absolute atomic E-state index is 0.317. The molecular formula is C32H35N11O. The van der Waals surface area contributed by atoms with Crippen LogP contribution in [0.3, 0.4) is 0 Å². The Balaban J connectivity index is 1.10. The van der Waals surface area contributed by atoms with Crippen molar-refractivity contribution in [3.63, 3.8) is 0 Å². The number of nitrogens with one attached hydrogen (secondary N) is 1. The first-order valence-corrected chi connectivity index (χ1v) is 15.2. The molecule has 0 aliphatic carbocycles. The van der Waals surface area contributed by atoms with Crippen molar-refractivity contribution < 1.29 is 4.74 Å². The maximum atomic E-state index is 9.15. The maximum absolute atomic E-state index is 9.15. The second-order valence-corrected chi connectivity index (χ2v) is 11.3. The smallest absolute Gasteiger partial charge is 0.219 e. The molecule has 0 unspecified atom stereocenters. The van der Waals surface area contributed by atoms with Gasteiger partial charge in [-0.05, 0) is 54.8 Å². The number of imidazole rings is 1. The van der Waals surface area contributed by atoms with Crippen LogP contribution in [0.15, 0.2) is 64.7 Å². The highest BCUT2D eigenvalue weighted by atomic mass is 16.5. The molecule has 0 bridgehead atoms. The zero-order valence-corrected chi connectivity index (χ0v) is 24.6. The van der Waals surface area contributed by atoms with E-state index in [1.807, 2.05) is 24.3 Å². The van der Waals surface area contributed by atoms with Crippen molar-refractivity contribution in [2.75, 3.05) is 56.6 Å². The molecule has 1 aromatic carbocycles. The zero-order valence-electron chi connectivity index (χ0n) is 24.6. The molecule has 0 radical (unpaired) electrons. The van der Waals surface area contributed by atoms with Gasteiger partial charge in [-0.2, -0.15) is 5.26 Å². The minimum atomic E-state index is 0.317. The Labute approximate surface area is 255 Å². The van der Waals surface area contributed by atoms with Crippen LogP contribution in [0.1, 0.15) is 24.8 Å². The lowest BCUT2D eigenvalue weighted by Crippen LogP contribution is -2.44. The van der Waals surface area contributed by atoms with E-state index in [1.54, 1.807) is 6.20 Å². The Morgan fingerprint density at radius 2 is 1.82 bits per heavy atom. The third-order valence-electron chi connectivity index (χ3n) is 8.41. The number of benzene rings is 1. The molecule has 0 spiro atoms. The number of morpholine rings is 1. The standard InChI is InChI=1S/C32H35N11O/c33-20-24-9-13-36-32(38-24)37-23-10-14-41(15-11-23)21-22-3-5-25(6-4-22)43-30(26-2-1-12-35-29(26)34)39-27-7-8-28(40-31(27)43)42-16-18-44-19-17-42/h1-8,12,23H,9-11,13-19,21H2,(H2,34,35)(H,36,37). The first-order valence-electron chi connectivity index (χ1n) is 15.2. The number of hydrogen-bond donors (Lipinski definition) is 2. The largest absolute Gasteiger partial charge is 0.383 e. The number of ether oxygens (including phenoxy) is 1. The number of nitriles is 1. The molecule has 2 fully saturated rings. The van der Waals surface area contributed by atoms with Crippen LogP contribution in [0, 0.1) is 11.3 Å². The first kappa shape index (κ1) is 27.9. The van der Waals surface area contributed by atoms with Crippen LogP contribution >= 0.6 is 0 Å². The van der Waals surface area contributed by atoms with Gasteiger partial charge in [-0.3, -0.25) is 14.5 Å². The Morgan fingerprint density at radius 3 is 2.59 bits per heavy atom. The van der Waals surface area contributed by atoms with E-state index in [2.05, 4.69) is 65.0 Å². The van der Waals surface area contributed by atoms with Gasteiger partial charge in [-0.1, -0.05) is 12.1 Å². The normalized spacial score (nSPS) is 18.1. The van der Waals surface area contributed by atoms with Crippen LogP contribution in [0.2, 0.25) is 0 Å². The lowest BCUT2D eigenvalue weighted by atomic mass is 10.0. The van der Waals surface area contributed by atoms with Crippen LogP contribution in [-0.2, 0) is 11.3 Å². The van der Waals surface area contributed by atoms with Gasteiger partial charge in [-0.15, -0.1) is 0 Å². The summed E-state index contributed by atoms with van der Waals surface area (Å²) >= 11 is 0. The molecule has 3 aliphatic rings. The lowest BCUT2D eigenvalue weighted by Gasteiger charge is -2.32. The van der Waals surface area contributed by atoms with E-state index >= 15 is 0 Å². The highest BCUT2D eigenvalue weighted by molar-refractivity contribution is 6.07. The van der Waals surface area contributed by atoms with Gasteiger partial charge in [0.15, 0.2) is 11.5 Å². The van der Waals surface area contributed by atoms with Crippen LogP contribution in [-0.4, -0.2) is 88.1 Å². The van der Waals surface area contributed by atoms with Crippen molar-refractivity contribution in [3.05, 3.63) is 60.3 Å². The minimum Gasteiger partial charge on any atom is -0.383 e. The number of rotatable bonds is 6. The van der Waals surface area contributed by atoms with Gasteiger partial charge in [-0.25, -0.2) is 19.9 Å². The second kappa shape index (κ2) is 12.4. The average Bonchev–Trinajstić information content (AvgIpc) is 3.45.